The molecule has 0 saturated heterocycles. The number of rotatable bonds is 4. The Morgan fingerprint density at radius 3 is 1.35 bits per heavy atom. The molecule has 0 bridgehead atoms. The lowest BCUT2D eigenvalue weighted by Gasteiger charge is -2.40. The lowest BCUT2D eigenvalue weighted by Crippen LogP contribution is -2.32. The van der Waals surface area contributed by atoms with Crippen LogP contribution in [-0.2, 0) is 10.8 Å². The highest BCUT2D eigenvalue weighted by Crippen LogP contribution is 2.66. The molecule has 0 amide bonds. The van der Waals surface area contributed by atoms with Gasteiger partial charge >= 0.3 is 0 Å². The maximum atomic E-state index is 6.75. The third kappa shape index (κ3) is 5.11. The summed E-state index contributed by atoms with van der Waals surface area (Å²) >= 11 is 0. The number of hydrogen-bond acceptors (Lipinski definition) is 3. The first kappa shape index (κ1) is 38.2. The second-order valence-electron chi connectivity index (χ2n) is 18.7. The SMILES string of the molecule is c1ccc2c(c1)Oc1ccccc1C21c2ccccc2-c2ccc(N(c3ccc(-c4ccc5ccccc5c4)cc3)c3cccc4c3-c3ccccc3C43c4ccccc4Oc4ccccc43)cc21. The first-order valence-corrected chi connectivity index (χ1v) is 23.8. The summed E-state index contributed by atoms with van der Waals surface area (Å²) < 4.78 is 13.5. The molecule has 0 fully saturated rings. The van der Waals surface area contributed by atoms with Crippen LogP contribution in [0.25, 0.3) is 44.2 Å². The van der Waals surface area contributed by atoms with Crippen LogP contribution >= 0.6 is 0 Å². The van der Waals surface area contributed by atoms with Gasteiger partial charge in [0.25, 0.3) is 0 Å². The van der Waals surface area contributed by atoms with Crippen LogP contribution in [-0.4, -0.2) is 0 Å². The zero-order chi connectivity index (χ0) is 45.3. The van der Waals surface area contributed by atoms with E-state index in [0.29, 0.717) is 0 Å². The standard InChI is InChI=1S/C66H41NO2/c1-2-17-44-40-45(33-32-42(44)16-1)43-34-36-46(37-35-43)67(47-38-39-49-48-18-3-5-20-51(48)66(58(49)41-47)55-24-9-13-30-62(55)69-63-31-14-10-25-56(63)66)59-27-15-26-57-64(59)50-19-4-6-21-52(50)65(57)53-22-7-11-28-60(53)68-61-29-12-8-23-54(61)65/h1-41H. The first-order valence-electron chi connectivity index (χ1n) is 23.8. The van der Waals surface area contributed by atoms with E-state index in [1.807, 2.05) is 0 Å². The molecule has 69 heavy (non-hydrogen) atoms. The number of nitrogens with zero attached hydrogens (tertiary/aromatic N) is 1. The van der Waals surface area contributed by atoms with Crippen LogP contribution in [0.2, 0.25) is 0 Å². The molecule has 2 aliphatic carbocycles. The monoisotopic (exact) mass is 879 g/mol. The number of anilines is 3. The van der Waals surface area contributed by atoms with E-state index in [1.165, 1.54) is 66.4 Å². The number of ether oxygens (including phenoxy) is 2. The summed E-state index contributed by atoms with van der Waals surface area (Å²) in [5, 5.41) is 2.47. The predicted octanol–water partition coefficient (Wildman–Crippen LogP) is 16.9. The van der Waals surface area contributed by atoms with E-state index in [1.54, 1.807) is 0 Å². The van der Waals surface area contributed by atoms with Gasteiger partial charge in [0.1, 0.15) is 23.0 Å². The summed E-state index contributed by atoms with van der Waals surface area (Å²) in [6.07, 6.45) is 0. The fourth-order valence-electron chi connectivity index (χ4n) is 12.7. The lowest BCUT2D eigenvalue weighted by atomic mass is 9.66. The van der Waals surface area contributed by atoms with Gasteiger partial charge in [-0.3, -0.25) is 0 Å². The Morgan fingerprint density at radius 2 is 0.725 bits per heavy atom. The van der Waals surface area contributed by atoms with E-state index in [2.05, 4.69) is 254 Å². The highest BCUT2D eigenvalue weighted by atomic mass is 16.5. The van der Waals surface area contributed by atoms with Crippen molar-refractivity contribution in [1.82, 2.24) is 0 Å². The molecular formula is C66H41NO2. The molecule has 3 heteroatoms. The molecule has 3 nitrogen and oxygen atoms in total. The van der Waals surface area contributed by atoms with E-state index >= 15 is 0 Å². The molecule has 15 rings (SSSR count). The van der Waals surface area contributed by atoms with Crippen LogP contribution < -0.4 is 14.4 Å². The molecule has 0 atom stereocenters. The summed E-state index contributed by atoms with van der Waals surface area (Å²) in [4.78, 5) is 2.50. The van der Waals surface area contributed by atoms with Crippen molar-refractivity contribution in [1.29, 1.82) is 0 Å². The fraction of sp³-hybridized carbons (Fsp3) is 0.0303. The van der Waals surface area contributed by atoms with Gasteiger partial charge in [-0.05, 0) is 122 Å². The zero-order valence-corrected chi connectivity index (χ0v) is 37.4. The quantitative estimate of drug-likeness (QED) is 0.176. The van der Waals surface area contributed by atoms with E-state index in [-0.39, 0.29) is 0 Å². The summed E-state index contributed by atoms with van der Waals surface area (Å²) in [6.45, 7) is 0. The van der Waals surface area contributed by atoms with Gasteiger partial charge in [-0.1, -0.05) is 188 Å². The van der Waals surface area contributed by atoms with Crippen LogP contribution in [0, 0.1) is 0 Å². The van der Waals surface area contributed by atoms with Gasteiger partial charge in [0.15, 0.2) is 0 Å². The minimum Gasteiger partial charge on any atom is -0.457 e. The van der Waals surface area contributed by atoms with Gasteiger partial charge in [0, 0.05) is 39.2 Å². The predicted molar refractivity (Wildman–Crippen MR) is 279 cm³/mol. The maximum Gasteiger partial charge on any atom is 0.132 e. The van der Waals surface area contributed by atoms with E-state index in [0.717, 1.165) is 62.3 Å². The van der Waals surface area contributed by atoms with Crippen LogP contribution in [0.4, 0.5) is 17.1 Å². The van der Waals surface area contributed by atoms with E-state index in [9.17, 15) is 0 Å². The minimum atomic E-state index is -0.621. The minimum absolute atomic E-state index is 0.613. The van der Waals surface area contributed by atoms with Crippen LogP contribution in [0.3, 0.4) is 0 Å². The maximum absolute atomic E-state index is 6.75. The second kappa shape index (κ2) is 14.3. The topological polar surface area (TPSA) is 21.7 Å². The van der Waals surface area contributed by atoms with Crippen LogP contribution in [0.15, 0.2) is 249 Å². The fourth-order valence-corrected chi connectivity index (χ4v) is 12.7. The number of para-hydroxylation sites is 4. The van der Waals surface area contributed by atoms with Crippen molar-refractivity contribution in [3.8, 4) is 56.4 Å². The molecule has 0 aromatic heterocycles. The molecule has 0 radical (unpaired) electrons. The van der Waals surface area contributed by atoms with Crippen molar-refractivity contribution in [3.63, 3.8) is 0 Å². The molecule has 0 unspecified atom stereocenters. The Morgan fingerprint density at radius 1 is 0.275 bits per heavy atom. The average molecular weight is 880 g/mol. The van der Waals surface area contributed by atoms with Crippen molar-refractivity contribution in [2.45, 2.75) is 10.8 Å². The van der Waals surface area contributed by atoms with Gasteiger partial charge < -0.3 is 14.4 Å². The first-order chi connectivity index (χ1) is 34.2. The van der Waals surface area contributed by atoms with Crippen molar-refractivity contribution in [3.05, 3.63) is 293 Å². The van der Waals surface area contributed by atoms with Gasteiger partial charge in [-0.15, -0.1) is 0 Å². The summed E-state index contributed by atoms with van der Waals surface area (Å²) in [5.41, 5.74) is 18.8. The molecule has 11 aromatic carbocycles. The van der Waals surface area contributed by atoms with Gasteiger partial charge in [0.05, 0.1) is 16.5 Å². The van der Waals surface area contributed by atoms with E-state index in [4.69, 9.17) is 9.47 Å². The molecule has 11 aromatic rings. The molecule has 2 spiro atoms. The highest BCUT2D eigenvalue weighted by Gasteiger charge is 2.53. The Balaban J connectivity index is 1.01. The Bertz CT molecular complexity index is 3850. The van der Waals surface area contributed by atoms with Crippen LogP contribution in [0.1, 0.15) is 44.5 Å². The highest BCUT2D eigenvalue weighted by molar-refractivity contribution is 6.00. The summed E-state index contributed by atoms with van der Waals surface area (Å²) in [6, 6.07) is 91.0. The molecular weight excluding hydrogens is 839 g/mol. The van der Waals surface area contributed by atoms with Gasteiger partial charge in [-0.2, -0.15) is 0 Å². The van der Waals surface area contributed by atoms with E-state index < -0.39 is 10.8 Å². The Labute approximate surface area is 400 Å². The molecule has 322 valence electrons. The number of hydrogen-bond donors (Lipinski definition) is 0. The zero-order valence-electron chi connectivity index (χ0n) is 37.4. The molecule has 0 N–H and O–H groups in total. The molecule has 2 heterocycles. The lowest BCUT2D eigenvalue weighted by molar-refractivity contribution is 0.436. The van der Waals surface area contributed by atoms with Crippen molar-refractivity contribution >= 4 is 27.8 Å². The normalized spacial score (nSPS) is 14.3. The van der Waals surface area contributed by atoms with Crippen molar-refractivity contribution < 1.29 is 9.47 Å². The van der Waals surface area contributed by atoms with Gasteiger partial charge in [-0.25, -0.2) is 0 Å². The van der Waals surface area contributed by atoms with Crippen molar-refractivity contribution in [2.75, 3.05) is 4.90 Å². The summed E-state index contributed by atoms with van der Waals surface area (Å²) in [7, 11) is 0. The van der Waals surface area contributed by atoms with Crippen molar-refractivity contribution in [2.24, 2.45) is 0 Å². The second-order valence-corrected chi connectivity index (χ2v) is 18.7. The largest absolute Gasteiger partial charge is 0.457 e. The Kier molecular flexibility index (Phi) is 7.92. The molecule has 4 aliphatic rings. The smallest absolute Gasteiger partial charge is 0.132 e. The molecule has 0 saturated carbocycles. The third-order valence-electron chi connectivity index (χ3n) is 15.4. The summed E-state index contributed by atoms with van der Waals surface area (Å²) in [5.74, 6) is 3.52. The average Bonchev–Trinajstić information content (AvgIpc) is 3.87. The molecule has 2 aliphatic heterocycles. The number of fused-ring (bicyclic) bond motifs is 19. The third-order valence-corrected chi connectivity index (χ3v) is 15.4. The Hall–Kier alpha value is -8.92. The number of benzene rings is 11. The van der Waals surface area contributed by atoms with Gasteiger partial charge in [0.2, 0.25) is 0 Å². The van der Waals surface area contributed by atoms with Crippen LogP contribution in [0.5, 0.6) is 23.0 Å².